The van der Waals surface area contributed by atoms with Crippen LogP contribution >= 0.6 is 0 Å². The molecule has 0 saturated carbocycles. The summed E-state index contributed by atoms with van der Waals surface area (Å²) in [6, 6.07) is 57.9. The molecule has 7 aromatic carbocycles. The fourth-order valence-electron chi connectivity index (χ4n) is 7.14. The summed E-state index contributed by atoms with van der Waals surface area (Å²) in [4.78, 5) is 20.0. The molecule has 0 radical (unpaired) electrons. The highest BCUT2D eigenvalue weighted by Crippen LogP contribution is 2.43. The quantitative estimate of drug-likeness (QED) is 0.173. The van der Waals surface area contributed by atoms with Gasteiger partial charge < -0.3 is 4.42 Å². The number of hydrogen-bond donors (Lipinski definition) is 0. The van der Waals surface area contributed by atoms with E-state index >= 15 is 0 Å². The number of benzene rings is 7. The molecule has 0 saturated heterocycles. The maximum absolute atomic E-state index is 6.78. The van der Waals surface area contributed by atoms with Gasteiger partial charge in [0, 0.05) is 54.7 Å². The van der Waals surface area contributed by atoms with Crippen LogP contribution in [-0.2, 0) is 0 Å². The molecule has 3 heterocycles. The normalized spacial score (nSPS) is 11.5. The van der Waals surface area contributed by atoms with Crippen LogP contribution < -0.4 is 0 Å². The molecule has 0 aliphatic rings. The third-order valence-corrected chi connectivity index (χ3v) is 9.50. The summed E-state index contributed by atoms with van der Waals surface area (Å²) in [5.74, 6) is 1.88. The highest BCUT2D eigenvalue weighted by Gasteiger charge is 2.20. The lowest BCUT2D eigenvalue weighted by Gasteiger charge is -2.11. The Morgan fingerprint density at radius 3 is 1.61 bits per heavy atom. The first-order valence-corrected chi connectivity index (χ1v) is 17.0. The maximum Gasteiger partial charge on any atom is 0.164 e. The van der Waals surface area contributed by atoms with E-state index in [-0.39, 0.29) is 0 Å². The zero-order valence-corrected chi connectivity index (χ0v) is 27.4. The highest BCUT2D eigenvalue weighted by atomic mass is 16.3. The largest absolute Gasteiger partial charge is 0.455 e. The summed E-state index contributed by atoms with van der Waals surface area (Å²) in [7, 11) is 0. The fourth-order valence-corrected chi connectivity index (χ4v) is 7.14. The van der Waals surface area contributed by atoms with Crippen molar-refractivity contribution < 1.29 is 4.42 Å². The van der Waals surface area contributed by atoms with Gasteiger partial charge in [0.1, 0.15) is 11.2 Å². The van der Waals surface area contributed by atoms with Crippen molar-refractivity contribution in [2.45, 2.75) is 0 Å². The topological polar surface area (TPSA) is 64.7 Å². The molecule has 0 fully saturated rings. The molecule has 0 aliphatic carbocycles. The molecular weight excluding hydrogens is 625 g/mol. The van der Waals surface area contributed by atoms with Gasteiger partial charge in [-0.3, -0.25) is 0 Å². The SMILES string of the molecule is c1ccc(-c2nc(-c3ccccc3)nc(-c3cccc(-c4cccc5c4oc4ccc6c(-c7ccccc7)nc7ccccc7c6c45)c3)n2)cc1. The molecule has 0 atom stereocenters. The minimum atomic E-state index is 0.611. The van der Waals surface area contributed by atoms with E-state index in [0.717, 1.165) is 82.7 Å². The lowest BCUT2D eigenvalue weighted by molar-refractivity contribution is 0.670. The van der Waals surface area contributed by atoms with Crippen molar-refractivity contribution in [3.63, 3.8) is 0 Å². The Bertz CT molecular complexity index is 2840. The monoisotopic (exact) mass is 652 g/mol. The molecule has 0 unspecified atom stereocenters. The van der Waals surface area contributed by atoms with E-state index in [1.54, 1.807) is 0 Å². The number of rotatable bonds is 5. The Hall–Kier alpha value is -6.98. The number of nitrogens with zero attached hydrogens (tertiary/aromatic N) is 4. The van der Waals surface area contributed by atoms with Crippen LogP contribution in [0.5, 0.6) is 0 Å². The molecule has 5 nitrogen and oxygen atoms in total. The van der Waals surface area contributed by atoms with Crippen molar-refractivity contribution >= 4 is 43.6 Å². The lowest BCUT2D eigenvalue weighted by atomic mass is 9.95. The first kappa shape index (κ1) is 29.0. The molecular formula is C46H28N4O. The smallest absolute Gasteiger partial charge is 0.164 e. The molecule has 238 valence electrons. The van der Waals surface area contributed by atoms with Crippen molar-refractivity contribution in [3.05, 3.63) is 170 Å². The van der Waals surface area contributed by atoms with Crippen molar-refractivity contribution in [3.8, 4) is 56.5 Å². The molecule has 0 spiro atoms. The number of hydrogen-bond acceptors (Lipinski definition) is 5. The van der Waals surface area contributed by atoms with Crippen LogP contribution in [-0.4, -0.2) is 19.9 Å². The Morgan fingerprint density at radius 1 is 0.353 bits per heavy atom. The van der Waals surface area contributed by atoms with E-state index in [9.17, 15) is 0 Å². The van der Waals surface area contributed by atoms with Crippen LogP contribution in [0.3, 0.4) is 0 Å². The van der Waals surface area contributed by atoms with Gasteiger partial charge >= 0.3 is 0 Å². The number of fused-ring (bicyclic) bond motifs is 7. The fraction of sp³-hybridized carbons (Fsp3) is 0. The standard InChI is InChI=1S/C46H28N4O/c1-4-14-29(15-5-1)42-36-26-27-39-41(40(36)35-22-10-11-25-38(35)47-42)37-24-13-23-34(43(37)51-39)32-20-12-21-33(28-32)46-49-44(30-16-6-2-7-17-30)48-45(50-46)31-18-8-3-9-19-31/h1-28H. The highest BCUT2D eigenvalue weighted by molar-refractivity contribution is 6.29. The molecule has 10 aromatic rings. The third kappa shape index (κ3) is 4.94. The van der Waals surface area contributed by atoms with E-state index in [1.165, 1.54) is 0 Å². The van der Waals surface area contributed by atoms with Crippen molar-refractivity contribution in [1.82, 2.24) is 19.9 Å². The van der Waals surface area contributed by atoms with E-state index in [0.29, 0.717) is 17.5 Å². The van der Waals surface area contributed by atoms with Gasteiger partial charge in [-0.05, 0) is 29.8 Å². The summed E-state index contributed by atoms with van der Waals surface area (Å²) in [6.45, 7) is 0. The Balaban J connectivity index is 1.17. The van der Waals surface area contributed by atoms with Gasteiger partial charge in [-0.1, -0.05) is 146 Å². The third-order valence-electron chi connectivity index (χ3n) is 9.50. The summed E-state index contributed by atoms with van der Waals surface area (Å²) in [5, 5.41) is 5.50. The first-order valence-electron chi connectivity index (χ1n) is 17.0. The lowest BCUT2D eigenvalue weighted by Crippen LogP contribution is -2.00. The summed E-state index contributed by atoms with van der Waals surface area (Å²) >= 11 is 0. The summed E-state index contributed by atoms with van der Waals surface area (Å²) < 4.78 is 6.78. The maximum atomic E-state index is 6.78. The van der Waals surface area contributed by atoms with Crippen LogP contribution in [0.4, 0.5) is 0 Å². The van der Waals surface area contributed by atoms with Crippen LogP contribution in [0.15, 0.2) is 174 Å². The summed E-state index contributed by atoms with van der Waals surface area (Å²) in [5.41, 5.74) is 9.47. The Kier molecular flexibility index (Phi) is 6.74. The second kappa shape index (κ2) is 11.9. The van der Waals surface area contributed by atoms with Gasteiger partial charge in [0.05, 0.1) is 11.2 Å². The second-order valence-electron chi connectivity index (χ2n) is 12.6. The van der Waals surface area contributed by atoms with Crippen molar-refractivity contribution in [2.75, 3.05) is 0 Å². The van der Waals surface area contributed by atoms with Gasteiger partial charge in [-0.15, -0.1) is 0 Å². The van der Waals surface area contributed by atoms with Crippen LogP contribution in [0, 0.1) is 0 Å². The average Bonchev–Trinajstić information content (AvgIpc) is 3.60. The van der Waals surface area contributed by atoms with E-state index < -0.39 is 0 Å². The van der Waals surface area contributed by atoms with E-state index in [2.05, 4.69) is 97.1 Å². The molecule has 5 heteroatoms. The Morgan fingerprint density at radius 2 is 0.902 bits per heavy atom. The van der Waals surface area contributed by atoms with Crippen LogP contribution in [0.2, 0.25) is 0 Å². The second-order valence-corrected chi connectivity index (χ2v) is 12.6. The Labute approximate surface area is 293 Å². The van der Waals surface area contributed by atoms with Crippen LogP contribution in [0.25, 0.3) is 100 Å². The predicted octanol–water partition coefficient (Wildman–Crippen LogP) is 11.8. The van der Waals surface area contributed by atoms with Crippen molar-refractivity contribution in [1.29, 1.82) is 0 Å². The summed E-state index contributed by atoms with van der Waals surface area (Å²) in [6.07, 6.45) is 0. The molecule has 0 amide bonds. The van der Waals surface area contributed by atoms with Crippen molar-refractivity contribution in [2.24, 2.45) is 0 Å². The molecule has 3 aromatic heterocycles. The molecule has 10 rings (SSSR count). The van der Waals surface area contributed by atoms with Gasteiger partial charge in [0.15, 0.2) is 17.5 Å². The zero-order chi connectivity index (χ0) is 33.7. The average molecular weight is 653 g/mol. The predicted molar refractivity (Wildman–Crippen MR) is 207 cm³/mol. The van der Waals surface area contributed by atoms with E-state index in [4.69, 9.17) is 24.4 Å². The molecule has 0 bridgehead atoms. The minimum absolute atomic E-state index is 0.611. The van der Waals surface area contributed by atoms with Gasteiger partial charge in [0.2, 0.25) is 0 Å². The molecule has 0 aliphatic heterocycles. The van der Waals surface area contributed by atoms with Gasteiger partial charge in [-0.2, -0.15) is 0 Å². The first-order chi connectivity index (χ1) is 25.3. The molecule has 51 heavy (non-hydrogen) atoms. The van der Waals surface area contributed by atoms with Gasteiger partial charge in [-0.25, -0.2) is 19.9 Å². The molecule has 0 N–H and O–H groups in total. The van der Waals surface area contributed by atoms with Gasteiger partial charge in [0.25, 0.3) is 0 Å². The van der Waals surface area contributed by atoms with E-state index in [1.807, 2.05) is 72.8 Å². The van der Waals surface area contributed by atoms with Crippen LogP contribution in [0.1, 0.15) is 0 Å². The number of furan rings is 1. The number of para-hydroxylation sites is 2. The number of pyridine rings is 1. The number of aromatic nitrogens is 4. The minimum Gasteiger partial charge on any atom is -0.455 e. The zero-order valence-electron chi connectivity index (χ0n) is 27.4.